The molecule has 3 rings (SSSR count). The quantitative estimate of drug-likeness (QED) is 0.603. The summed E-state index contributed by atoms with van der Waals surface area (Å²) in [5, 5.41) is 0.536. The van der Waals surface area contributed by atoms with Crippen LogP contribution in [0.15, 0.2) is 59.5 Å². The predicted octanol–water partition coefficient (Wildman–Crippen LogP) is 3.34. The highest BCUT2D eigenvalue weighted by Crippen LogP contribution is 2.17. The molecule has 1 heterocycles. The highest BCUT2D eigenvalue weighted by atomic mass is 35.5. The molecule has 1 aliphatic heterocycles. The van der Waals surface area contributed by atoms with Gasteiger partial charge in [0.25, 0.3) is 0 Å². The molecule has 0 N–H and O–H groups in total. The Morgan fingerprint density at radius 1 is 1.07 bits per heavy atom. The average Bonchev–Trinajstić information content (AvgIpc) is 2.73. The fourth-order valence-corrected chi connectivity index (χ4v) is 4.93. The predicted molar refractivity (Wildman–Crippen MR) is 117 cm³/mol. The first kappa shape index (κ1) is 22.2. The smallest absolute Gasteiger partial charge is 0.179 e. The number of sulfone groups is 1. The highest BCUT2D eigenvalue weighted by molar-refractivity contribution is 7.91. The number of hydrogen-bond donors (Lipinski definition) is 0. The minimum absolute atomic E-state index is 0.0783. The zero-order valence-corrected chi connectivity index (χ0v) is 18.4. The van der Waals surface area contributed by atoms with Gasteiger partial charge in [-0.2, -0.15) is 0 Å². The summed E-state index contributed by atoms with van der Waals surface area (Å²) in [5.74, 6) is 0.0783. The number of benzene rings is 2. The lowest BCUT2D eigenvalue weighted by Crippen LogP contribution is -2.47. The molecule has 5 nitrogen and oxygen atoms in total. The minimum atomic E-state index is -3.36. The Bertz CT molecular complexity index is 853. The summed E-state index contributed by atoms with van der Waals surface area (Å²) >= 11 is 5.90. The van der Waals surface area contributed by atoms with Crippen LogP contribution in [0.1, 0.15) is 12.5 Å². The molecule has 0 radical (unpaired) electrons. The molecule has 158 valence electrons. The van der Waals surface area contributed by atoms with Gasteiger partial charge in [-0.1, -0.05) is 41.9 Å². The van der Waals surface area contributed by atoms with E-state index >= 15 is 0 Å². The van der Waals surface area contributed by atoms with Crippen molar-refractivity contribution in [3.8, 4) is 0 Å². The molecule has 2 aromatic rings. The average molecular weight is 437 g/mol. The third kappa shape index (κ3) is 6.79. The fraction of sp³-hybridized carbons (Fsp3) is 0.455. The number of ether oxygens (including phenoxy) is 1. The van der Waals surface area contributed by atoms with Crippen LogP contribution in [0.2, 0.25) is 5.02 Å². The van der Waals surface area contributed by atoms with E-state index in [1.165, 1.54) is 5.56 Å². The number of halogens is 1. The molecule has 1 fully saturated rings. The van der Waals surface area contributed by atoms with Gasteiger partial charge in [-0.25, -0.2) is 8.42 Å². The van der Waals surface area contributed by atoms with Crippen LogP contribution in [0.3, 0.4) is 0 Å². The van der Waals surface area contributed by atoms with E-state index in [9.17, 15) is 8.42 Å². The summed E-state index contributed by atoms with van der Waals surface area (Å²) in [6, 6.07) is 16.8. The Labute approximate surface area is 179 Å². The van der Waals surface area contributed by atoms with Crippen molar-refractivity contribution in [1.82, 2.24) is 9.80 Å². The molecule has 2 aromatic carbocycles. The SMILES string of the molecule is CC(CN1CCOCC1)N(CCS(=O)(=O)c1ccc(Cl)cc1)Cc1ccccc1. The molecule has 0 amide bonds. The van der Waals surface area contributed by atoms with Crippen LogP contribution in [0.4, 0.5) is 0 Å². The van der Waals surface area contributed by atoms with E-state index in [2.05, 4.69) is 28.9 Å². The molecular formula is C22H29ClN2O3S. The zero-order valence-electron chi connectivity index (χ0n) is 16.8. The van der Waals surface area contributed by atoms with Crippen LogP contribution in [-0.4, -0.2) is 69.4 Å². The normalized spacial score (nSPS) is 16.8. The van der Waals surface area contributed by atoms with E-state index in [-0.39, 0.29) is 11.8 Å². The Morgan fingerprint density at radius 2 is 1.72 bits per heavy atom. The van der Waals surface area contributed by atoms with Gasteiger partial charge in [0.05, 0.1) is 23.9 Å². The monoisotopic (exact) mass is 436 g/mol. The summed E-state index contributed by atoms with van der Waals surface area (Å²) in [6.07, 6.45) is 0. The van der Waals surface area contributed by atoms with Crippen molar-refractivity contribution in [3.63, 3.8) is 0 Å². The van der Waals surface area contributed by atoms with Crippen molar-refractivity contribution >= 4 is 21.4 Å². The molecule has 0 spiro atoms. The van der Waals surface area contributed by atoms with Crippen LogP contribution < -0.4 is 0 Å². The zero-order chi connectivity index (χ0) is 20.7. The van der Waals surface area contributed by atoms with Crippen molar-refractivity contribution in [2.24, 2.45) is 0 Å². The largest absolute Gasteiger partial charge is 0.379 e. The van der Waals surface area contributed by atoms with Gasteiger partial charge in [0, 0.05) is 43.8 Å². The molecule has 0 bridgehead atoms. The molecule has 29 heavy (non-hydrogen) atoms. The molecule has 7 heteroatoms. The lowest BCUT2D eigenvalue weighted by molar-refractivity contribution is 0.0242. The topological polar surface area (TPSA) is 49.9 Å². The second-order valence-corrected chi connectivity index (χ2v) is 10.0. The summed E-state index contributed by atoms with van der Waals surface area (Å²) < 4.78 is 31.1. The van der Waals surface area contributed by atoms with E-state index in [0.29, 0.717) is 16.5 Å². The molecule has 1 aliphatic rings. The second-order valence-electron chi connectivity index (χ2n) is 7.49. The standard InChI is InChI=1S/C22H29ClN2O3S/c1-19(17-24-11-14-28-15-12-24)25(18-20-5-3-2-4-6-20)13-16-29(26,27)22-9-7-21(23)8-10-22/h2-10,19H,11-18H2,1H3. The Morgan fingerprint density at radius 3 is 2.38 bits per heavy atom. The van der Waals surface area contributed by atoms with E-state index in [1.807, 2.05) is 18.2 Å². The number of hydrogen-bond acceptors (Lipinski definition) is 5. The van der Waals surface area contributed by atoms with Crippen LogP contribution in [0.25, 0.3) is 0 Å². The van der Waals surface area contributed by atoms with Crippen molar-refractivity contribution in [3.05, 3.63) is 65.2 Å². The fourth-order valence-electron chi connectivity index (χ4n) is 3.54. The molecule has 1 unspecified atom stereocenters. The molecule has 0 aromatic heterocycles. The van der Waals surface area contributed by atoms with E-state index in [1.54, 1.807) is 24.3 Å². The lowest BCUT2D eigenvalue weighted by atomic mass is 10.1. The van der Waals surface area contributed by atoms with Crippen molar-refractivity contribution in [1.29, 1.82) is 0 Å². The maximum absolute atomic E-state index is 12.8. The van der Waals surface area contributed by atoms with E-state index in [0.717, 1.165) is 39.4 Å². The summed E-state index contributed by atoms with van der Waals surface area (Å²) in [5.41, 5.74) is 1.19. The van der Waals surface area contributed by atoms with Crippen LogP contribution in [-0.2, 0) is 21.1 Å². The van der Waals surface area contributed by atoms with Gasteiger partial charge < -0.3 is 4.74 Å². The van der Waals surface area contributed by atoms with Crippen LogP contribution >= 0.6 is 11.6 Å². The number of rotatable bonds is 9. The molecule has 1 atom stereocenters. The Kier molecular flexibility index (Phi) is 8.09. The first-order chi connectivity index (χ1) is 13.9. The molecule has 1 saturated heterocycles. The molecule has 0 aliphatic carbocycles. The second kappa shape index (κ2) is 10.5. The Hall–Kier alpha value is -1.44. The maximum Gasteiger partial charge on any atom is 0.179 e. The first-order valence-electron chi connectivity index (χ1n) is 10.0. The number of morpholine rings is 1. The summed E-state index contributed by atoms with van der Waals surface area (Å²) in [7, 11) is -3.36. The van der Waals surface area contributed by atoms with Crippen molar-refractivity contribution in [2.75, 3.05) is 45.1 Å². The molecular weight excluding hydrogens is 408 g/mol. The van der Waals surface area contributed by atoms with Gasteiger partial charge in [-0.3, -0.25) is 9.80 Å². The third-order valence-corrected chi connectivity index (χ3v) is 7.26. The van der Waals surface area contributed by atoms with Gasteiger partial charge in [-0.15, -0.1) is 0 Å². The molecule has 0 saturated carbocycles. The van der Waals surface area contributed by atoms with Gasteiger partial charge in [0.1, 0.15) is 0 Å². The highest BCUT2D eigenvalue weighted by Gasteiger charge is 2.22. The van der Waals surface area contributed by atoms with Crippen molar-refractivity contribution < 1.29 is 13.2 Å². The van der Waals surface area contributed by atoms with Crippen molar-refractivity contribution in [2.45, 2.75) is 24.4 Å². The maximum atomic E-state index is 12.8. The van der Waals surface area contributed by atoms with Crippen LogP contribution in [0, 0.1) is 0 Å². The lowest BCUT2D eigenvalue weighted by Gasteiger charge is -2.35. The van der Waals surface area contributed by atoms with E-state index < -0.39 is 9.84 Å². The van der Waals surface area contributed by atoms with Crippen LogP contribution in [0.5, 0.6) is 0 Å². The first-order valence-corrected chi connectivity index (χ1v) is 12.0. The third-order valence-electron chi connectivity index (χ3n) is 5.30. The number of nitrogens with zero attached hydrogens (tertiary/aromatic N) is 2. The minimum Gasteiger partial charge on any atom is -0.379 e. The van der Waals surface area contributed by atoms with Gasteiger partial charge in [0.15, 0.2) is 9.84 Å². The van der Waals surface area contributed by atoms with Gasteiger partial charge in [-0.05, 0) is 36.8 Å². The van der Waals surface area contributed by atoms with Gasteiger partial charge >= 0.3 is 0 Å². The summed E-state index contributed by atoms with van der Waals surface area (Å²) in [4.78, 5) is 4.97. The van der Waals surface area contributed by atoms with E-state index in [4.69, 9.17) is 16.3 Å². The summed E-state index contributed by atoms with van der Waals surface area (Å²) in [6.45, 7) is 7.64. The van der Waals surface area contributed by atoms with Gasteiger partial charge in [0.2, 0.25) is 0 Å². The Balaban J connectivity index is 1.68.